The van der Waals surface area contributed by atoms with Crippen LogP contribution in [0.3, 0.4) is 0 Å². The Morgan fingerprint density at radius 3 is 2.47 bits per heavy atom. The fraction of sp³-hybridized carbons (Fsp3) is 0.800. The number of ether oxygens (including phenoxy) is 1. The maximum atomic E-state index is 10.3. The Morgan fingerprint density at radius 1 is 1.53 bits per heavy atom. The summed E-state index contributed by atoms with van der Waals surface area (Å²) in [6.45, 7) is 2.83. The first-order chi connectivity index (χ1) is 7.15. The van der Waals surface area contributed by atoms with E-state index in [4.69, 9.17) is 5.11 Å². The Morgan fingerprint density at radius 2 is 2.27 bits per heavy atom. The summed E-state index contributed by atoms with van der Waals surface area (Å²) in [5.74, 6) is 0.569. The van der Waals surface area contributed by atoms with Crippen molar-refractivity contribution in [3.05, 3.63) is 0 Å². The van der Waals surface area contributed by atoms with Gasteiger partial charge in [0.1, 0.15) is 6.61 Å². The minimum Gasteiger partial charge on any atom is -0.447 e. The molecule has 0 aromatic heterocycles. The van der Waals surface area contributed by atoms with E-state index < -0.39 is 6.09 Å². The van der Waals surface area contributed by atoms with Gasteiger partial charge in [-0.3, -0.25) is 4.79 Å². The summed E-state index contributed by atoms with van der Waals surface area (Å²) < 4.78 is 4.41. The number of amides is 2. The molecule has 2 amide bonds. The first-order valence-corrected chi connectivity index (χ1v) is 5.22. The van der Waals surface area contributed by atoms with Crippen LogP contribution in [-0.2, 0) is 9.53 Å². The predicted molar refractivity (Wildman–Crippen MR) is 53.1 cm³/mol. The molecule has 2 unspecified atom stereocenters. The van der Waals surface area contributed by atoms with Crippen molar-refractivity contribution in [2.45, 2.75) is 32.3 Å². The topological polar surface area (TPSA) is 66.8 Å². The summed E-state index contributed by atoms with van der Waals surface area (Å²) in [5.41, 5.74) is 0. The SMILES string of the molecule is CC1CCCC1O.O=CN1CCOC1=O. The zero-order valence-corrected chi connectivity index (χ0v) is 8.89. The number of nitrogens with zero attached hydrogens (tertiary/aromatic N) is 1. The second-order valence-corrected chi connectivity index (χ2v) is 3.89. The predicted octanol–water partition coefficient (Wildman–Crippen LogP) is 0.762. The van der Waals surface area contributed by atoms with Gasteiger partial charge < -0.3 is 9.84 Å². The number of aliphatic hydroxyl groups excluding tert-OH is 1. The lowest BCUT2D eigenvalue weighted by Crippen LogP contribution is -2.21. The van der Waals surface area contributed by atoms with Crippen molar-refractivity contribution in [3.63, 3.8) is 0 Å². The van der Waals surface area contributed by atoms with Gasteiger partial charge in [0.15, 0.2) is 0 Å². The molecule has 1 saturated carbocycles. The summed E-state index contributed by atoms with van der Waals surface area (Å²) in [6, 6.07) is 0. The van der Waals surface area contributed by atoms with E-state index >= 15 is 0 Å². The summed E-state index contributed by atoms with van der Waals surface area (Å²) in [6.07, 6.45) is 3.42. The highest BCUT2D eigenvalue weighted by atomic mass is 16.6. The van der Waals surface area contributed by atoms with Crippen molar-refractivity contribution in [2.75, 3.05) is 13.2 Å². The molecule has 86 valence electrons. The highest BCUT2D eigenvalue weighted by Crippen LogP contribution is 2.23. The van der Waals surface area contributed by atoms with Gasteiger partial charge in [-0.2, -0.15) is 0 Å². The van der Waals surface area contributed by atoms with Crippen molar-refractivity contribution in [1.29, 1.82) is 0 Å². The van der Waals surface area contributed by atoms with E-state index in [2.05, 4.69) is 11.7 Å². The number of imide groups is 1. The van der Waals surface area contributed by atoms with Crippen molar-refractivity contribution >= 4 is 12.5 Å². The molecule has 5 nitrogen and oxygen atoms in total. The molecule has 0 radical (unpaired) electrons. The smallest absolute Gasteiger partial charge is 0.416 e. The molecule has 0 aromatic rings. The Kier molecular flexibility index (Phi) is 4.55. The van der Waals surface area contributed by atoms with Crippen LogP contribution in [0.5, 0.6) is 0 Å². The Balaban J connectivity index is 0.000000151. The third kappa shape index (κ3) is 3.51. The van der Waals surface area contributed by atoms with Crippen molar-refractivity contribution in [2.24, 2.45) is 5.92 Å². The lowest BCUT2D eigenvalue weighted by molar-refractivity contribution is -0.115. The number of hydrogen-bond donors (Lipinski definition) is 1. The highest BCUT2D eigenvalue weighted by molar-refractivity contribution is 5.81. The first-order valence-electron chi connectivity index (χ1n) is 5.22. The molecule has 1 N–H and O–H groups in total. The highest BCUT2D eigenvalue weighted by Gasteiger charge is 2.20. The molecule has 5 heteroatoms. The second kappa shape index (κ2) is 5.70. The van der Waals surface area contributed by atoms with Crippen molar-refractivity contribution in [3.8, 4) is 0 Å². The van der Waals surface area contributed by atoms with Crippen LogP contribution in [-0.4, -0.2) is 41.8 Å². The van der Waals surface area contributed by atoms with Crippen LogP contribution in [0, 0.1) is 5.92 Å². The van der Waals surface area contributed by atoms with E-state index in [0.29, 0.717) is 25.5 Å². The zero-order valence-electron chi connectivity index (χ0n) is 8.89. The van der Waals surface area contributed by atoms with E-state index in [9.17, 15) is 9.59 Å². The molecule has 2 aliphatic rings. The lowest BCUT2D eigenvalue weighted by atomic mass is 10.1. The number of hydrogen-bond acceptors (Lipinski definition) is 4. The summed E-state index contributed by atoms with van der Waals surface area (Å²) in [7, 11) is 0. The molecule has 0 bridgehead atoms. The van der Waals surface area contributed by atoms with E-state index in [1.54, 1.807) is 0 Å². The van der Waals surface area contributed by atoms with Crippen LogP contribution in [0.1, 0.15) is 26.2 Å². The standard InChI is InChI=1S/C6H12O.C4H5NO3/c1-5-3-2-4-6(5)7;6-3-5-1-2-8-4(5)7/h5-7H,2-4H2,1H3;3H,1-2H2. The molecule has 15 heavy (non-hydrogen) atoms. The molecule has 1 aliphatic carbocycles. The average molecular weight is 215 g/mol. The molecule has 2 fully saturated rings. The van der Waals surface area contributed by atoms with E-state index in [0.717, 1.165) is 11.3 Å². The summed E-state index contributed by atoms with van der Waals surface area (Å²) in [5, 5.41) is 9.00. The quantitative estimate of drug-likeness (QED) is 0.656. The zero-order chi connectivity index (χ0) is 11.3. The molecule has 2 atom stereocenters. The van der Waals surface area contributed by atoms with Gasteiger partial charge in [-0.25, -0.2) is 9.69 Å². The minimum atomic E-state index is -0.542. The van der Waals surface area contributed by atoms with Gasteiger partial charge in [0, 0.05) is 0 Å². The Bertz CT molecular complexity index is 223. The van der Waals surface area contributed by atoms with E-state index in [-0.39, 0.29) is 6.10 Å². The molecule has 0 aromatic carbocycles. The molecule has 1 heterocycles. The molecule has 2 rings (SSSR count). The fourth-order valence-electron chi connectivity index (χ4n) is 1.63. The number of rotatable bonds is 1. The van der Waals surface area contributed by atoms with E-state index in [1.165, 1.54) is 12.8 Å². The minimum absolute atomic E-state index is 0.0139. The van der Waals surface area contributed by atoms with Crippen LogP contribution in [0.25, 0.3) is 0 Å². The number of carbonyl (C=O) groups excluding carboxylic acids is 2. The average Bonchev–Trinajstić information content (AvgIpc) is 2.78. The third-order valence-corrected chi connectivity index (χ3v) is 2.74. The van der Waals surface area contributed by atoms with Crippen LogP contribution in [0.15, 0.2) is 0 Å². The van der Waals surface area contributed by atoms with Gasteiger partial charge in [-0.1, -0.05) is 13.3 Å². The normalized spacial score (nSPS) is 29.5. The van der Waals surface area contributed by atoms with E-state index in [1.807, 2.05) is 0 Å². The Hall–Kier alpha value is -1.10. The molecular weight excluding hydrogens is 198 g/mol. The molecular formula is C10H17NO4. The van der Waals surface area contributed by atoms with Crippen LogP contribution >= 0.6 is 0 Å². The van der Waals surface area contributed by atoms with Crippen LogP contribution in [0.4, 0.5) is 4.79 Å². The fourth-order valence-corrected chi connectivity index (χ4v) is 1.63. The van der Waals surface area contributed by atoms with Gasteiger partial charge >= 0.3 is 6.09 Å². The van der Waals surface area contributed by atoms with Gasteiger partial charge in [-0.15, -0.1) is 0 Å². The number of cyclic esters (lactones) is 1. The maximum Gasteiger partial charge on any atom is 0.416 e. The van der Waals surface area contributed by atoms with Gasteiger partial charge in [-0.05, 0) is 18.8 Å². The monoisotopic (exact) mass is 215 g/mol. The summed E-state index contributed by atoms with van der Waals surface area (Å²) >= 11 is 0. The van der Waals surface area contributed by atoms with Crippen LogP contribution < -0.4 is 0 Å². The van der Waals surface area contributed by atoms with Gasteiger partial charge in [0.2, 0.25) is 6.41 Å². The second-order valence-electron chi connectivity index (χ2n) is 3.89. The maximum absolute atomic E-state index is 10.3. The molecule has 0 spiro atoms. The first kappa shape index (κ1) is 12.0. The largest absolute Gasteiger partial charge is 0.447 e. The molecule has 1 saturated heterocycles. The lowest BCUT2D eigenvalue weighted by Gasteiger charge is -2.04. The van der Waals surface area contributed by atoms with Crippen molar-refractivity contribution in [1.82, 2.24) is 4.90 Å². The van der Waals surface area contributed by atoms with Crippen LogP contribution in [0.2, 0.25) is 0 Å². The van der Waals surface area contributed by atoms with Crippen molar-refractivity contribution < 1.29 is 19.4 Å². The number of aliphatic hydroxyl groups is 1. The third-order valence-electron chi connectivity index (χ3n) is 2.74. The van der Waals surface area contributed by atoms with Gasteiger partial charge in [0.05, 0.1) is 12.6 Å². The number of carbonyl (C=O) groups is 2. The molecule has 1 aliphatic heterocycles. The Labute approximate surface area is 89.0 Å². The summed E-state index contributed by atoms with van der Waals surface area (Å²) in [4.78, 5) is 21.1. The van der Waals surface area contributed by atoms with Gasteiger partial charge in [0.25, 0.3) is 0 Å².